The smallest absolute Gasteiger partial charge is 0.0674 e. The van der Waals surface area contributed by atoms with E-state index < -0.39 is 0 Å². The van der Waals surface area contributed by atoms with Crippen LogP contribution in [0.5, 0.6) is 0 Å². The van der Waals surface area contributed by atoms with E-state index in [1.165, 1.54) is 16.9 Å². The molecule has 0 bridgehead atoms. The van der Waals surface area contributed by atoms with Crippen molar-refractivity contribution in [2.75, 3.05) is 36.5 Å². The highest BCUT2D eigenvalue weighted by Gasteiger charge is 2.35. The molecule has 3 nitrogen and oxygen atoms in total. The maximum absolute atomic E-state index is 5.64. The second-order valence-corrected chi connectivity index (χ2v) is 5.05. The van der Waals surface area contributed by atoms with Crippen LogP contribution in [0.25, 0.3) is 0 Å². The molecule has 0 radical (unpaired) electrons. The van der Waals surface area contributed by atoms with Gasteiger partial charge in [0.15, 0.2) is 0 Å². The number of nitrogens with zero attached hydrogens (tertiary/aromatic N) is 1. The van der Waals surface area contributed by atoms with Gasteiger partial charge in [0, 0.05) is 19.0 Å². The van der Waals surface area contributed by atoms with Gasteiger partial charge in [-0.3, -0.25) is 0 Å². The van der Waals surface area contributed by atoms with Crippen molar-refractivity contribution in [1.29, 1.82) is 0 Å². The lowest BCUT2D eigenvalue weighted by Gasteiger charge is -2.30. The highest BCUT2D eigenvalue weighted by Crippen LogP contribution is 2.35. The molecule has 0 spiro atoms. The summed E-state index contributed by atoms with van der Waals surface area (Å²) in [5.41, 5.74) is 3.92. The van der Waals surface area contributed by atoms with Crippen molar-refractivity contribution in [3.63, 3.8) is 0 Å². The summed E-state index contributed by atoms with van der Waals surface area (Å²) < 4.78 is 5.64. The fourth-order valence-corrected chi connectivity index (χ4v) is 2.99. The van der Waals surface area contributed by atoms with Crippen molar-refractivity contribution in [3.8, 4) is 0 Å². The molecule has 2 aliphatic rings. The van der Waals surface area contributed by atoms with Crippen LogP contribution < -0.4 is 10.2 Å². The SMILES string of the molecule is CCN1c2ccc(C)cc2NCC2COCC21. The average Bonchev–Trinajstić information content (AvgIpc) is 2.73. The Hall–Kier alpha value is -1.22. The minimum atomic E-state index is 0.538. The zero-order valence-corrected chi connectivity index (χ0v) is 10.6. The molecule has 2 atom stereocenters. The molecule has 2 aliphatic heterocycles. The van der Waals surface area contributed by atoms with Gasteiger partial charge < -0.3 is 15.0 Å². The minimum absolute atomic E-state index is 0.538. The molecule has 1 saturated heterocycles. The van der Waals surface area contributed by atoms with Crippen LogP contribution in [0.1, 0.15) is 12.5 Å². The van der Waals surface area contributed by atoms with E-state index in [0.717, 1.165) is 26.3 Å². The van der Waals surface area contributed by atoms with E-state index >= 15 is 0 Å². The summed E-state index contributed by atoms with van der Waals surface area (Å²) in [5, 5.41) is 3.58. The molecule has 1 fully saturated rings. The van der Waals surface area contributed by atoms with Gasteiger partial charge in [-0.05, 0) is 31.5 Å². The number of hydrogen-bond donors (Lipinski definition) is 1. The van der Waals surface area contributed by atoms with Crippen molar-refractivity contribution in [2.45, 2.75) is 19.9 Å². The van der Waals surface area contributed by atoms with E-state index in [-0.39, 0.29) is 0 Å². The average molecular weight is 232 g/mol. The molecule has 92 valence electrons. The first-order chi connectivity index (χ1) is 8.29. The Kier molecular flexibility index (Phi) is 2.71. The van der Waals surface area contributed by atoms with Crippen LogP contribution in [0.3, 0.4) is 0 Å². The third-order valence-corrected chi connectivity index (χ3v) is 3.92. The van der Waals surface area contributed by atoms with Gasteiger partial charge in [0.1, 0.15) is 0 Å². The molecule has 3 rings (SSSR count). The van der Waals surface area contributed by atoms with Gasteiger partial charge in [-0.15, -0.1) is 0 Å². The molecule has 0 saturated carbocycles. The maximum Gasteiger partial charge on any atom is 0.0674 e. The van der Waals surface area contributed by atoms with E-state index in [4.69, 9.17) is 4.74 Å². The van der Waals surface area contributed by atoms with Gasteiger partial charge in [0.25, 0.3) is 0 Å². The van der Waals surface area contributed by atoms with Crippen LogP contribution >= 0.6 is 0 Å². The normalized spacial score (nSPS) is 27.1. The van der Waals surface area contributed by atoms with E-state index in [1.807, 2.05) is 0 Å². The highest BCUT2D eigenvalue weighted by atomic mass is 16.5. The Labute approximate surface area is 103 Å². The van der Waals surface area contributed by atoms with Crippen molar-refractivity contribution in [3.05, 3.63) is 23.8 Å². The number of anilines is 2. The Morgan fingerprint density at radius 3 is 3.12 bits per heavy atom. The molecular formula is C14H20N2O. The standard InChI is InChI=1S/C14H20N2O/c1-3-16-13-5-4-10(2)6-12(13)15-7-11-8-17-9-14(11)16/h4-6,11,14-15H,3,7-9H2,1-2H3. The molecule has 0 aromatic heterocycles. The van der Waals surface area contributed by atoms with Crippen LogP contribution in [-0.4, -0.2) is 32.3 Å². The lowest BCUT2D eigenvalue weighted by molar-refractivity contribution is 0.185. The summed E-state index contributed by atoms with van der Waals surface area (Å²) in [6.45, 7) is 8.20. The number of nitrogens with one attached hydrogen (secondary N) is 1. The number of ether oxygens (including phenoxy) is 1. The largest absolute Gasteiger partial charge is 0.383 e. The van der Waals surface area contributed by atoms with Crippen LogP contribution in [0.4, 0.5) is 11.4 Å². The van der Waals surface area contributed by atoms with Gasteiger partial charge in [0.05, 0.1) is 30.6 Å². The Morgan fingerprint density at radius 2 is 2.29 bits per heavy atom. The predicted molar refractivity (Wildman–Crippen MR) is 70.8 cm³/mol. The van der Waals surface area contributed by atoms with Crippen LogP contribution in [0.2, 0.25) is 0 Å². The summed E-state index contributed by atoms with van der Waals surface area (Å²) >= 11 is 0. The molecule has 0 amide bonds. The number of hydrogen-bond acceptors (Lipinski definition) is 3. The van der Waals surface area contributed by atoms with Crippen LogP contribution in [0, 0.1) is 12.8 Å². The number of likely N-dealkylation sites (N-methyl/N-ethyl adjacent to an activating group) is 1. The summed E-state index contributed by atoms with van der Waals surface area (Å²) in [4.78, 5) is 2.49. The fourth-order valence-electron chi connectivity index (χ4n) is 2.99. The summed E-state index contributed by atoms with van der Waals surface area (Å²) in [6, 6.07) is 7.22. The highest BCUT2D eigenvalue weighted by molar-refractivity contribution is 5.72. The summed E-state index contributed by atoms with van der Waals surface area (Å²) in [5.74, 6) is 0.614. The van der Waals surface area contributed by atoms with Gasteiger partial charge >= 0.3 is 0 Å². The van der Waals surface area contributed by atoms with Crippen LogP contribution in [0.15, 0.2) is 18.2 Å². The molecule has 1 N–H and O–H groups in total. The summed E-state index contributed by atoms with van der Waals surface area (Å²) in [6.07, 6.45) is 0. The van der Waals surface area contributed by atoms with Crippen LogP contribution in [-0.2, 0) is 4.74 Å². The van der Waals surface area contributed by atoms with E-state index in [2.05, 4.69) is 42.3 Å². The second-order valence-electron chi connectivity index (χ2n) is 5.05. The second kappa shape index (κ2) is 4.22. The summed E-state index contributed by atoms with van der Waals surface area (Å²) in [7, 11) is 0. The lowest BCUT2D eigenvalue weighted by atomic mass is 10.0. The zero-order chi connectivity index (χ0) is 11.8. The number of aryl methyl sites for hydroxylation is 1. The van der Waals surface area contributed by atoms with Gasteiger partial charge in [-0.25, -0.2) is 0 Å². The van der Waals surface area contributed by atoms with Gasteiger partial charge in [-0.1, -0.05) is 6.07 Å². The molecular weight excluding hydrogens is 212 g/mol. The Bertz CT molecular complexity index is 419. The first kappa shape index (κ1) is 10.9. The molecule has 2 heterocycles. The minimum Gasteiger partial charge on any atom is -0.383 e. The van der Waals surface area contributed by atoms with Crippen molar-refractivity contribution in [1.82, 2.24) is 0 Å². The molecule has 17 heavy (non-hydrogen) atoms. The molecule has 3 heteroatoms. The third-order valence-electron chi connectivity index (χ3n) is 3.92. The molecule has 1 aromatic carbocycles. The number of benzene rings is 1. The topological polar surface area (TPSA) is 24.5 Å². The zero-order valence-electron chi connectivity index (χ0n) is 10.6. The van der Waals surface area contributed by atoms with Gasteiger partial charge in [0.2, 0.25) is 0 Å². The first-order valence-corrected chi connectivity index (χ1v) is 6.48. The Morgan fingerprint density at radius 1 is 1.41 bits per heavy atom. The number of rotatable bonds is 1. The number of fused-ring (bicyclic) bond motifs is 2. The quantitative estimate of drug-likeness (QED) is 0.804. The van der Waals surface area contributed by atoms with E-state index in [1.54, 1.807) is 0 Å². The first-order valence-electron chi connectivity index (χ1n) is 6.48. The molecule has 1 aromatic rings. The third kappa shape index (κ3) is 1.78. The predicted octanol–water partition coefficient (Wildman–Crippen LogP) is 2.26. The van der Waals surface area contributed by atoms with Crippen molar-refractivity contribution < 1.29 is 4.74 Å². The van der Waals surface area contributed by atoms with E-state index in [0.29, 0.717) is 12.0 Å². The monoisotopic (exact) mass is 232 g/mol. The molecule has 2 unspecified atom stereocenters. The van der Waals surface area contributed by atoms with Gasteiger partial charge in [-0.2, -0.15) is 0 Å². The maximum atomic E-state index is 5.64. The van der Waals surface area contributed by atoms with E-state index in [9.17, 15) is 0 Å². The Balaban J connectivity index is 2.02. The fraction of sp³-hybridized carbons (Fsp3) is 0.571. The lowest BCUT2D eigenvalue weighted by Crippen LogP contribution is -2.40. The van der Waals surface area contributed by atoms with Crippen molar-refractivity contribution >= 4 is 11.4 Å². The molecule has 0 aliphatic carbocycles. The van der Waals surface area contributed by atoms with Crippen molar-refractivity contribution in [2.24, 2.45) is 5.92 Å².